The Morgan fingerprint density at radius 3 is 2.70 bits per heavy atom. The number of anilines is 1. The lowest BCUT2D eigenvalue weighted by Crippen LogP contribution is -2.35. The van der Waals surface area contributed by atoms with Gasteiger partial charge >= 0.3 is 0 Å². The van der Waals surface area contributed by atoms with Gasteiger partial charge in [-0.05, 0) is 51.8 Å². The number of nitrogens with zero attached hydrogens (tertiary/aromatic N) is 4. The molecule has 2 aliphatic rings. The molecule has 1 saturated carbocycles. The summed E-state index contributed by atoms with van der Waals surface area (Å²) in [6.07, 6.45) is 10.3. The molecule has 0 aromatic carbocycles. The summed E-state index contributed by atoms with van der Waals surface area (Å²) >= 11 is 0. The Bertz CT molecular complexity index is 1090. The Kier molecular flexibility index (Phi) is 5.25. The zero-order valence-corrected chi connectivity index (χ0v) is 17.4. The first-order valence-electron chi connectivity index (χ1n) is 11.0. The van der Waals surface area contributed by atoms with Crippen molar-refractivity contribution in [3.05, 3.63) is 46.0 Å². The topological polar surface area (TPSA) is 97.9 Å². The van der Waals surface area contributed by atoms with E-state index in [9.17, 15) is 4.79 Å². The van der Waals surface area contributed by atoms with Crippen molar-refractivity contribution in [3.63, 3.8) is 0 Å². The van der Waals surface area contributed by atoms with E-state index in [1.807, 2.05) is 23.8 Å². The summed E-state index contributed by atoms with van der Waals surface area (Å²) < 4.78 is 7.52. The second-order valence-electron chi connectivity index (χ2n) is 8.47. The van der Waals surface area contributed by atoms with E-state index in [1.54, 1.807) is 6.20 Å². The zero-order valence-electron chi connectivity index (χ0n) is 17.4. The van der Waals surface area contributed by atoms with Crippen LogP contribution in [0.2, 0.25) is 0 Å². The van der Waals surface area contributed by atoms with Gasteiger partial charge in [0.05, 0.1) is 12.6 Å². The molecule has 5 rings (SSSR count). The minimum Gasteiger partial charge on any atom is -0.446 e. The molecule has 0 spiro atoms. The van der Waals surface area contributed by atoms with Crippen LogP contribution in [0.4, 0.5) is 5.95 Å². The molecule has 8 heteroatoms. The van der Waals surface area contributed by atoms with Gasteiger partial charge in [-0.1, -0.05) is 12.8 Å². The van der Waals surface area contributed by atoms with Crippen molar-refractivity contribution in [2.75, 3.05) is 18.4 Å². The third kappa shape index (κ3) is 3.84. The molecule has 0 radical (unpaired) electrons. The summed E-state index contributed by atoms with van der Waals surface area (Å²) in [6.45, 7) is 3.86. The lowest BCUT2D eigenvalue weighted by Gasteiger charge is -2.24. The normalized spacial score (nSPS) is 18.3. The van der Waals surface area contributed by atoms with Crippen LogP contribution >= 0.6 is 0 Å². The largest absolute Gasteiger partial charge is 0.446 e. The number of rotatable bonds is 5. The Balaban J connectivity index is 1.55. The van der Waals surface area contributed by atoms with Crippen LogP contribution < -0.4 is 16.2 Å². The van der Waals surface area contributed by atoms with Crippen LogP contribution in [0.3, 0.4) is 0 Å². The number of oxazole rings is 1. The van der Waals surface area contributed by atoms with Crippen LogP contribution in [-0.2, 0) is 6.42 Å². The van der Waals surface area contributed by atoms with Crippen LogP contribution in [0.15, 0.2) is 27.7 Å². The van der Waals surface area contributed by atoms with Crippen molar-refractivity contribution in [1.29, 1.82) is 0 Å². The Morgan fingerprint density at radius 1 is 1.17 bits per heavy atom. The van der Waals surface area contributed by atoms with Crippen molar-refractivity contribution >= 4 is 17.0 Å². The number of nitrogens with one attached hydrogen (secondary N) is 2. The van der Waals surface area contributed by atoms with Gasteiger partial charge < -0.3 is 15.1 Å². The highest BCUT2D eigenvalue weighted by Crippen LogP contribution is 2.31. The second kappa shape index (κ2) is 8.18. The number of piperidine rings is 1. The summed E-state index contributed by atoms with van der Waals surface area (Å²) in [7, 11) is 0. The van der Waals surface area contributed by atoms with Crippen molar-refractivity contribution in [3.8, 4) is 0 Å². The first-order chi connectivity index (χ1) is 14.7. The maximum absolute atomic E-state index is 13.5. The van der Waals surface area contributed by atoms with E-state index in [4.69, 9.17) is 9.40 Å². The van der Waals surface area contributed by atoms with E-state index < -0.39 is 0 Å². The van der Waals surface area contributed by atoms with Crippen molar-refractivity contribution in [1.82, 2.24) is 24.8 Å². The quantitative estimate of drug-likeness (QED) is 0.670. The molecule has 30 heavy (non-hydrogen) atoms. The molecule has 1 aliphatic heterocycles. The Labute approximate surface area is 175 Å². The fraction of sp³-hybridized carbons (Fsp3) is 0.545. The van der Waals surface area contributed by atoms with Gasteiger partial charge in [-0.2, -0.15) is 4.98 Å². The van der Waals surface area contributed by atoms with Crippen molar-refractivity contribution in [2.45, 2.75) is 64.0 Å². The van der Waals surface area contributed by atoms with Gasteiger partial charge in [0.2, 0.25) is 5.95 Å². The maximum Gasteiger partial charge on any atom is 0.256 e. The maximum atomic E-state index is 13.5. The Morgan fingerprint density at radius 2 is 1.97 bits per heavy atom. The average Bonchev–Trinajstić information content (AvgIpc) is 3.42. The number of pyridine rings is 1. The summed E-state index contributed by atoms with van der Waals surface area (Å²) in [4.78, 5) is 27.1. The lowest BCUT2D eigenvalue weighted by molar-refractivity contribution is 0.475. The molecule has 8 nitrogen and oxygen atoms in total. The van der Waals surface area contributed by atoms with Gasteiger partial charge in [-0.15, -0.1) is 0 Å². The monoisotopic (exact) mass is 408 g/mol. The molecule has 0 atom stereocenters. The van der Waals surface area contributed by atoms with E-state index in [0.717, 1.165) is 68.4 Å². The molecule has 0 amide bonds. The molecule has 2 N–H and O–H groups in total. The van der Waals surface area contributed by atoms with E-state index in [0.29, 0.717) is 29.9 Å². The molecule has 158 valence electrons. The number of fused-ring (bicyclic) bond motifs is 1. The third-order valence-corrected chi connectivity index (χ3v) is 6.22. The van der Waals surface area contributed by atoms with Crippen LogP contribution in [0, 0.1) is 6.92 Å². The van der Waals surface area contributed by atoms with Crippen LogP contribution in [0.5, 0.6) is 0 Å². The predicted octanol–water partition coefficient (Wildman–Crippen LogP) is 2.96. The molecule has 4 heterocycles. The SMILES string of the molecule is Cc1cnc(Cc2cc3cnc(NC4CCNCC4)nc3n(C3CCCC3)c2=O)o1. The number of hydrogen-bond donors (Lipinski definition) is 2. The van der Waals surface area contributed by atoms with E-state index in [-0.39, 0.29) is 11.6 Å². The second-order valence-corrected chi connectivity index (χ2v) is 8.47. The molecular formula is C22H28N6O2. The highest BCUT2D eigenvalue weighted by atomic mass is 16.4. The fourth-order valence-electron chi connectivity index (χ4n) is 4.67. The summed E-state index contributed by atoms with van der Waals surface area (Å²) in [6, 6.07) is 2.45. The molecule has 2 fully saturated rings. The standard InChI is InChI=1S/C22H28N6O2/c1-14-12-24-19(30-14)11-15-10-16-13-25-22(26-17-6-8-23-9-7-17)27-20(16)28(21(15)29)18-4-2-3-5-18/h10,12-13,17-18,23H,2-9,11H2,1H3,(H,25,26,27). The number of hydrogen-bond acceptors (Lipinski definition) is 7. The minimum atomic E-state index is 0.0109. The molecule has 0 bridgehead atoms. The Hall–Kier alpha value is -2.74. The minimum absolute atomic E-state index is 0.0109. The van der Waals surface area contributed by atoms with E-state index in [2.05, 4.69) is 20.6 Å². The van der Waals surface area contributed by atoms with Crippen LogP contribution in [0.25, 0.3) is 11.0 Å². The highest BCUT2D eigenvalue weighted by Gasteiger charge is 2.24. The van der Waals surface area contributed by atoms with Crippen molar-refractivity contribution < 1.29 is 4.42 Å². The molecular weight excluding hydrogens is 380 g/mol. The third-order valence-electron chi connectivity index (χ3n) is 6.22. The molecule has 0 unspecified atom stereocenters. The first kappa shape index (κ1) is 19.2. The zero-order chi connectivity index (χ0) is 20.5. The predicted molar refractivity (Wildman–Crippen MR) is 115 cm³/mol. The molecule has 3 aromatic heterocycles. The smallest absolute Gasteiger partial charge is 0.256 e. The fourth-order valence-corrected chi connectivity index (χ4v) is 4.67. The van der Waals surface area contributed by atoms with Gasteiger partial charge in [-0.25, -0.2) is 9.97 Å². The van der Waals surface area contributed by atoms with E-state index in [1.165, 1.54) is 0 Å². The molecule has 3 aromatic rings. The van der Waals surface area contributed by atoms with Gasteiger partial charge in [0.25, 0.3) is 5.56 Å². The van der Waals surface area contributed by atoms with E-state index >= 15 is 0 Å². The molecule has 1 aliphatic carbocycles. The summed E-state index contributed by atoms with van der Waals surface area (Å²) in [5, 5.41) is 7.72. The summed E-state index contributed by atoms with van der Waals surface area (Å²) in [5.41, 5.74) is 1.42. The van der Waals surface area contributed by atoms with Gasteiger partial charge in [0.15, 0.2) is 5.89 Å². The number of aryl methyl sites for hydroxylation is 1. The van der Waals surface area contributed by atoms with Gasteiger partial charge in [0.1, 0.15) is 11.4 Å². The highest BCUT2D eigenvalue weighted by molar-refractivity contribution is 5.76. The van der Waals surface area contributed by atoms with Crippen molar-refractivity contribution in [2.24, 2.45) is 0 Å². The average molecular weight is 409 g/mol. The molecule has 1 saturated heterocycles. The summed E-state index contributed by atoms with van der Waals surface area (Å²) in [5.74, 6) is 1.92. The number of aromatic nitrogens is 4. The van der Waals surface area contributed by atoms with Gasteiger partial charge in [0, 0.05) is 29.2 Å². The lowest BCUT2D eigenvalue weighted by atomic mass is 10.1. The first-order valence-corrected chi connectivity index (χ1v) is 11.0. The van der Waals surface area contributed by atoms with Gasteiger partial charge in [-0.3, -0.25) is 9.36 Å². The van der Waals surface area contributed by atoms with Crippen LogP contribution in [-0.4, -0.2) is 38.7 Å². The van der Waals surface area contributed by atoms with Crippen LogP contribution in [0.1, 0.15) is 61.8 Å².